The van der Waals surface area contributed by atoms with Crippen molar-refractivity contribution in [1.29, 1.82) is 0 Å². The lowest BCUT2D eigenvalue weighted by Gasteiger charge is -2.09. The number of anilines is 2. The zero-order valence-corrected chi connectivity index (χ0v) is 12.7. The van der Waals surface area contributed by atoms with Gasteiger partial charge < -0.3 is 10.6 Å². The number of carbonyl (C=O) groups excluding carboxylic acids is 2. The van der Waals surface area contributed by atoms with Crippen LogP contribution in [0.15, 0.2) is 72.8 Å². The summed E-state index contributed by atoms with van der Waals surface area (Å²) in [5, 5.41) is 5.52. The van der Waals surface area contributed by atoms with Crippen molar-refractivity contribution in [3.8, 4) is 11.1 Å². The van der Waals surface area contributed by atoms with Crippen LogP contribution in [0.4, 0.5) is 16.2 Å². The molecule has 0 fully saturated rings. The number of fused-ring (bicyclic) bond motifs is 3. The van der Waals surface area contributed by atoms with Gasteiger partial charge in [-0.2, -0.15) is 0 Å². The number of ketones is 1. The molecule has 0 aliphatic heterocycles. The van der Waals surface area contributed by atoms with Gasteiger partial charge in [-0.25, -0.2) is 4.79 Å². The van der Waals surface area contributed by atoms with E-state index in [1.807, 2.05) is 60.7 Å². The van der Waals surface area contributed by atoms with Gasteiger partial charge in [0, 0.05) is 22.5 Å². The number of rotatable bonds is 2. The summed E-state index contributed by atoms with van der Waals surface area (Å²) < 4.78 is 0. The van der Waals surface area contributed by atoms with Crippen molar-refractivity contribution in [1.82, 2.24) is 0 Å². The molecule has 0 bridgehead atoms. The van der Waals surface area contributed by atoms with Gasteiger partial charge in [-0.15, -0.1) is 0 Å². The van der Waals surface area contributed by atoms with Gasteiger partial charge in [0.2, 0.25) is 0 Å². The molecule has 1 aliphatic rings. The van der Waals surface area contributed by atoms with E-state index in [-0.39, 0.29) is 11.8 Å². The summed E-state index contributed by atoms with van der Waals surface area (Å²) in [5.41, 5.74) is 4.47. The number of hydrogen-bond acceptors (Lipinski definition) is 2. The molecule has 0 radical (unpaired) electrons. The van der Waals surface area contributed by atoms with Crippen molar-refractivity contribution in [2.75, 3.05) is 10.6 Å². The molecule has 0 saturated carbocycles. The molecule has 4 nitrogen and oxygen atoms in total. The molecule has 0 aromatic heterocycles. The molecular formula is C20H14N2O2. The van der Waals surface area contributed by atoms with E-state index in [0.717, 1.165) is 11.1 Å². The average molecular weight is 314 g/mol. The molecule has 2 amide bonds. The maximum atomic E-state index is 12.5. The van der Waals surface area contributed by atoms with Crippen molar-refractivity contribution >= 4 is 23.2 Å². The maximum Gasteiger partial charge on any atom is 0.323 e. The Hall–Kier alpha value is -3.40. The van der Waals surface area contributed by atoms with Crippen molar-refractivity contribution < 1.29 is 9.59 Å². The fourth-order valence-corrected chi connectivity index (χ4v) is 2.92. The molecule has 1 aliphatic carbocycles. The van der Waals surface area contributed by atoms with Crippen LogP contribution in [0.5, 0.6) is 0 Å². The topological polar surface area (TPSA) is 58.2 Å². The Labute approximate surface area is 139 Å². The predicted molar refractivity (Wildman–Crippen MR) is 94.4 cm³/mol. The molecule has 3 aromatic rings. The molecule has 24 heavy (non-hydrogen) atoms. The van der Waals surface area contributed by atoms with Gasteiger partial charge in [-0.1, -0.05) is 48.5 Å². The second-order valence-electron chi connectivity index (χ2n) is 5.58. The van der Waals surface area contributed by atoms with Crippen LogP contribution in [0.1, 0.15) is 15.9 Å². The van der Waals surface area contributed by atoms with E-state index in [0.29, 0.717) is 22.5 Å². The van der Waals surface area contributed by atoms with E-state index in [4.69, 9.17) is 0 Å². The SMILES string of the molecule is O=C(Nc1ccccc1)Nc1ccc2c(c1)C(=O)c1ccccc1-2. The summed E-state index contributed by atoms with van der Waals surface area (Å²) in [6.45, 7) is 0. The largest absolute Gasteiger partial charge is 0.323 e. The molecule has 2 N–H and O–H groups in total. The second-order valence-corrected chi connectivity index (χ2v) is 5.58. The molecule has 4 heteroatoms. The van der Waals surface area contributed by atoms with E-state index in [1.54, 1.807) is 12.1 Å². The molecule has 0 unspecified atom stereocenters. The van der Waals surface area contributed by atoms with Gasteiger partial charge in [0.25, 0.3) is 0 Å². The first-order valence-electron chi connectivity index (χ1n) is 7.63. The first-order chi connectivity index (χ1) is 11.7. The lowest BCUT2D eigenvalue weighted by Crippen LogP contribution is -2.19. The summed E-state index contributed by atoms with van der Waals surface area (Å²) in [5.74, 6) is -0.00674. The second kappa shape index (κ2) is 5.66. The van der Waals surface area contributed by atoms with Gasteiger partial charge >= 0.3 is 6.03 Å². The number of hydrogen-bond donors (Lipinski definition) is 2. The molecule has 0 atom stereocenters. The van der Waals surface area contributed by atoms with Gasteiger partial charge in [0.05, 0.1) is 0 Å². The van der Waals surface area contributed by atoms with Crippen molar-refractivity contribution in [3.05, 3.63) is 83.9 Å². The molecule has 0 saturated heterocycles. The van der Waals surface area contributed by atoms with Crippen LogP contribution in [0.25, 0.3) is 11.1 Å². The smallest absolute Gasteiger partial charge is 0.308 e. The minimum Gasteiger partial charge on any atom is -0.308 e. The van der Waals surface area contributed by atoms with Crippen LogP contribution in [0.3, 0.4) is 0 Å². The van der Waals surface area contributed by atoms with Crippen LogP contribution in [-0.4, -0.2) is 11.8 Å². The molecule has 3 aromatic carbocycles. The minimum atomic E-state index is -0.343. The lowest BCUT2D eigenvalue weighted by molar-refractivity contribution is 0.104. The molecule has 0 heterocycles. The molecule has 116 valence electrons. The normalized spacial score (nSPS) is 11.6. The quantitative estimate of drug-likeness (QED) is 0.570. The van der Waals surface area contributed by atoms with Crippen molar-refractivity contribution in [2.45, 2.75) is 0 Å². The van der Waals surface area contributed by atoms with Gasteiger partial charge in [0.15, 0.2) is 5.78 Å². The Bertz CT molecular complexity index is 949. The Morgan fingerprint density at radius 1 is 0.625 bits per heavy atom. The molecule has 0 spiro atoms. The van der Waals surface area contributed by atoms with Crippen LogP contribution in [0, 0.1) is 0 Å². The van der Waals surface area contributed by atoms with Crippen molar-refractivity contribution in [3.63, 3.8) is 0 Å². The predicted octanol–water partition coefficient (Wildman–Crippen LogP) is 4.54. The lowest BCUT2D eigenvalue weighted by atomic mass is 10.1. The van der Waals surface area contributed by atoms with Gasteiger partial charge in [0.1, 0.15) is 0 Å². The van der Waals surface area contributed by atoms with Crippen LogP contribution in [-0.2, 0) is 0 Å². The Morgan fingerprint density at radius 2 is 1.25 bits per heavy atom. The number of nitrogens with one attached hydrogen (secondary N) is 2. The summed E-state index contributed by atoms with van der Waals surface area (Å²) >= 11 is 0. The van der Waals surface area contributed by atoms with E-state index in [2.05, 4.69) is 10.6 Å². The Morgan fingerprint density at radius 3 is 2.04 bits per heavy atom. The molecule has 4 rings (SSSR count). The first-order valence-corrected chi connectivity index (χ1v) is 7.63. The van der Waals surface area contributed by atoms with Gasteiger partial charge in [-0.05, 0) is 35.4 Å². The van der Waals surface area contributed by atoms with E-state index < -0.39 is 0 Å². The van der Waals surface area contributed by atoms with E-state index in [9.17, 15) is 9.59 Å². The standard InChI is InChI=1S/C20H14N2O2/c23-19-17-9-5-4-8-15(17)16-11-10-14(12-18(16)19)22-20(24)21-13-6-2-1-3-7-13/h1-12H,(H2,21,22,24). The highest BCUT2D eigenvalue weighted by molar-refractivity contribution is 6.22. The van der Waals surface area contributed by atoms with E-state index in [1.165, 1.54) is 0 Å². The fourth-order valence-electron chi connectivity index (χ4n) is 2.92. The summed E-state index contributed by atoms with van der Waals surface area (Å²) in [4.78, 5) is 24.6. The minimum absolute atomic E-state index is 0.00674. The third-order valence-electron chi connectivity index (χ3n) is 4.02. The van der Waals surface area contributed by atoms with Crippen LogP contribution < -0.4 is 10.6 Å². The number of amides is 2. The summed E-state index contributed by atoms with van der Waals surface area (Å²) in [6, 6.07) is 21.8. The molecular weight excluding hydrogens is 300 g/mol. The van der Waals surface area contributed by atoms with Crippen LogP contribution >= 0.6 is 0 Å². The Balaban J connectivity index is 1.57. The third-order valence-corrected chi connectivity index (χ3v) is 4.02. The zero-order chi connectivity index (χ0) is 16.5. The number of urea groups is 1. The number of benzene rings is 3. The summed E-state index contributed by atoms with van der Waals surface area (Å²) in [6.07, 6.45) is 0. The summed E-state index contributed by atoms with van der Waals surface area (Å²) in [7, 11) is 0. The van der Waals surface area contributed by atoms with Crippen molar-refractivity contribution in [2.24, 2.45) is 0 Å². The maximum absolute atomic E-state index is 12.5. The fraction of sp³-hybridized carbons (Fsp3) is 0. The van der Waals surface area contributed by atoms with Gasteiger partial charge in [-0.3, -0.25) is 4.79 Å². The van der Waals surface area contributed by atoms with Crippen LogP contribution in [0.2, 0.25) is 0 Å². The monoisotopic (exact) mass is 314 g/mol. The van der Waals surface area contributed by atoms with E-state index >= 15 is 0 Å². The highest BCUT2D eigenvalue weighted by atomic mass is 16.2. The Kier molecular flexibility index (Phi) is 3.35. The third kappa shape index (κ3) is 2.44. The first kappa shape index (κ1) is 14.2. The highest BCUT2D eigenvalue weighted by Crippen LogP contribution is 2.37. The number of carbonyl (C=O) groups is 2. The zero-order valence-electron chi connectivity index (χ0n) is 12.7. The average Bonchev–Trinajstić information content (AvgIpc) is 2.89. The highest BCUT2D eigenvalue weighted by Gasteiger charge is 2.26. The number of para-hydroxylation sites is 1.